The van der Waals surface area contributed by atoms with Crippen LogP contribution in [-0.2, 0) is 15.7 Å². The van der Waals surface area contributed by atoms with Gasteiger partial charge in [-0.2, -0.15) is 23.1 Å². The first-order valence-corrected chi connectivity index (χ1v) is 10.1. The Bertz CT molecular complexity index is 1170. The molecule has 28 heavy (non-hydrogen) atoms. The molecular formula is C16H19N9O2S. The molecule has 1 fully saturated rings. The molecule has 12 heteroatoms. The monoisotopic (exact) mass is 401 g/mol. The quantitative estimate of drug-likeness (QED) is 0.531. The lowest BCUT2D eigenvalue weighted by Crippen LogP contribution is -2.65. The maximum atomic E-state index is 12.2. The van der Waals surface area contributed by atoms with Crippen LogP contribution in [0.5, 0.6) is 0 Å². The van der Waals surface area contributed by atoms with Crippen molar-refractivity contribution < 1.29 is 8.42 Å². The van der Waals surface area contributed by atoms with Crippen molar-refractivity contribution in [1.29, 1.82) is 5.26 Å². The topological polar surface area (TPSA) is 159 Å². The molecule has 0 radical (unpaired) electrons. The Morgan fingerprint density at radius 3 is 2.93 bits per heavy atom. The number of nitriles is 1. The third-order valence-electron chi connectivity index (χ3n) is 4.85. The highest BCUT2D eigenvalue weighted by Crippen LogP contribution is 2.37. The van der Waals surface area contributed by atoms with Crippen LogP contribution in [0.25, 0.3) is 22.3 Å². The van der Waals surface area contributed by atoms with Crippen molar-refractivity contribution in [3.8, 4) is 17.3 Å². The number of aromatic nitrogens is 5. The van der Waals surface area contributed by atoms with Gasteiger partial charge < -0.3 is 10.7 Å². The first kappa shape index (κ1) is 18.4. The van der Waals surface area contributed by atoms with Gasteiger partial charge in [0.15, 0.2) is 5.82 Å². The molecule has 4 heterocycles. The smallest absolute Gasteiger partial charge is 0.279 e. The van der Waals surface area contributed by atoms with Crippen molar-refractivity contribution in [3.63, 3.8) is 0 Å². The van der Waals surface area contributed by atoms with E-state index >= 15 is 0 Å². The van der Waals surface area contributed by atoms with E-state index in [0.29, 0.717) is 23.4 Å². The van der Waals surface area contributed by atoms with Gasteiger partial charge in [0.25, 0.3) is 10.2 Å². The molecule has 0 aromatic carbocycles. The van der Waals surface area contributed by atoms with Crippen LogP contribution >= 0.6 is 0 Å². The van der Waals surface area contributed by atoms with Crippen molar-refractivity contribution in [2.45, 2.75) is 18.9 Å². The Morgan fingerprint density at radius 2 is 2.21 bits per heavy atom. The minimum absolute atomic E-state index is 0.106. The zero-order chi connectivity index (χ0) is 19.9. The summed E-state index contributed by atoms with van der Waals surface area (Å²) in [6, 6.07) is 3.98. The molecule has 4 N–H and O–H groups in total. The highest BCUT2D eigenvalue weighted by atomic mass is 32.2. The molecule has 1 aliphatic rings. The van der Waals surface area contributed by atoms with Crippen LogP contribution in [0.4, 0.5) is 5.82 Å². The Kier molecular flexibility index (Phi) is 4.30. The lowest BCUT2D eigenvalue weighted by Gasteiger charge is -2.47. The molecule has 11 nitrogen and oxygen atoms in total. The predicted octanol–water partition coefficient (Wildman–Crippen LogP) is 0.182. The number of hydrogen-bond donors (Lipinski definition) is 3. The third kappa shape index (κ3) is 2.80. The molecule has 3 aromatic heterocycles. The number of aromatic amines is 1. The minimum atomic E-state index is -3.57. The van der Waals surface area contributed by atoms with Crippen LogP contribution in [-0.4, -0.2) is 57.1 Å². The van der Waals surface area contributed by atoms with Crippen LogP contribution in [0.1, 0.15) is 13.3 Å². The highest BCUT2D eigenvalue weighted by molar-refractivity contribution is 7.87. The molecule has 0 aliphatic carbocycles. The molecule has 0 unspecified atom stereocenters. The van der Waals surface area contributed by atoms with Gasteiger partial charge in [-0.15, -0.1) is 0 Å². The molecule has 3 aromatic rings. The fourth-order valence-corrected chi connectivity index (χ4v) is 4.81. The largest absolute Gasteiger partial charge is 0.382 e. The maximum absolute atomic E-state index is 12.2. The third-order valence-corrected chi connectivity index (χ3v) is 6.45. The summed E-state index contributed by atoms with van der Waals surface area (Å²) in [5, 5.41) is 14.5. The van der Waals surface area contributed by atoms with Crippen LogP contribution < -0.4 is 10.5 Å². The van der Waals surface area contributed by atoms with Gasteiger partial charge in [0.1, 0.15) is 17.5 Å². The van der Waals surface area contributed by atoms with Gasteiger partial charge in [0.05, 0.1) is 23.7 Å². The zero-order valence-electron chi connectivity index (χ0n) is 15.1. The lowest BCUT2D eigenvalue weighted by atomic mass is 9.89. The molecular weight excluding hydrogens is 382 g/mol. The van der Waals surface area contributed by atoms with E-state index in [2.05, 4.69) is 30.8 Å². The summed E-state index contributed by atoms with van der Waals surface area (Å²) in [6.07, 6.45) is 5.02. The van der Waals surface area contributed by atoms with Crippen LogP contribution in [0, 0.1) is 11.3 Å². The van der Waals surface area contributed by atoms with Crippen LogP contribution in [0.15, 0.2) is 24.8 Å². The predicted molar refractivity (Wildman–Crippen MR) is 102 cm³/mol. The molecule has 0 amide bonds. The van der Waals surface area contributed by atoms with Crippen molar-refractivity contribution in [1.82, 2.24) is 33.8 Å². The number of nitrogen functional groups attached to an aromatic ring is 1. The molecule has 1 saturated heterocycles. The van der Waals surface area contributed by atoms with Gasteiger partial charge in [-0.05, 0) is 6.07 Å². The van der Waals surface area contributed by atoms with Crippen molar-refractivity contribution in [3.05, 3.63) is 24.8 Å². The maximum Gasteiger partial charge on any atom is 0.279 e. The van der Waals surface area contributed by atoms with E-state index in [9.17, 15) is 13.7 Å². The number of hydrogen-bond acceptors (Lipinski definition) is 7. The van der Waals surface area contributed by atoms with Gasteiger partial charge in [-0.25, -0.2) is 14.7 Å². The minimum Gasteiger partial charge on any atom is -0.382 e. The summed E-state index contributed by atoms with van der Waals surface area (Å²) in [6.45, 7) is 2.28. The van der Waals surface area contributed by atoms with E-state index < -0.39 is 15.7 Å². The Morgan fingerprint density at radius 1 is 1.43 bits per heavy atom. The molecule has 146 valence electrons. The SMILES string of the molecule is CCNS(=O)(=O)N1CC(CC#N)(n2cc(-c3ncnc4[nH]ccc34)c(N)n2)C1. The van der Waals surface area contributed by atoms with Crippen LogP contribution in [0.2, 0.25) is 0 Å². The molecule has 4 rings (SSSR count). The Balaban J connectivity index is 1.71. The number of anilines is 1. The van der Waals surface area contributed by atoms with E-state index in [4.69, 9.17) is 5.73 Å². The van der Waals surface area contributed by atoms with Crippen molar-refractivity contribution >= 4 is 27.1 Å². The Hall–Kier alpha value is -3.01. The molecule has 0 atom stereocenters. The van der Waals surface area contributed by atoms with Gasteiger partial charge >= 0.3 is 0 Å². The molecule has 0 spiro atoms. The number of nitrogens with two attached hydrogens (primary N) is 1. The summed E-state index contributed by atoms with van der Waals surface area (Å²) in [5.74, 6) is 0.256. The first-order chi connectivity index (χ1) is 13.4. The number of nitrogens with zero attached hydrogens (tertiary/aromatic N) is 6. The lowest BCUT2D eigenvalue weighted by molar-refractivity contribution is 0.0710. The summed E-state index contributed by atoms with van der Waals surface area (Å²) in [4.78, 5) is 11.5. The number of fused-ring (bicyclic) bond motifs is 1. The second-order valence-electron chi connectivity index (χ2n) is 6.67. The van der Waals surface area contributed by atoms with Crippen molar-refractivity contribution in [2.75, 3.05) is 25.4 Å². The average Bonchev–Trinajstić information content (AvgIpc) is 3.24. The average molecular weight is 401 g/mol. The van der Waals surface area contributed by atoms with Crippen molar-refractivity contribution in [2.24, 2.45) is 0 Å². The molecule has 1 aliphatic heterocycles. The highest BCUT2D eigenvalue weighted by Gasteiger charge is 2.50. The van der Waals surface area contributed by atoms with Gasteiger partial charge in [0, 0.05) is 37.4 Å². The second kappa shape index (κ2) is 6.55. The fraction of sp³-hybridized carbons (Fsp3) is 0.375. The summed E-state index contributed by atoms with van der Waals surface area (Å²) in [5.41, 5.74) is 7.28. The Labute approximate surface area is 161 Å². The van der Waals surface area contributed by atoms with E-state index in [1.165, 1.54) is 10.6 Å². The fourth-order valence-electron chi connectivity index (χ4n) is 3.44. The van der Waals surface area contributed by atoms with Gasteiger partial charge in [0.2, 0.25) is 0 Å². The van der Waals surface area contributed by atoms with E-state index in [1.807, 2.05) is 6.07 Å². The number of nitrogens with one attached hydrogen (secondary N) is 2. The summed E-state index contributed by atoms with van der Waals surface area (Å²) < 4.78 is 29.8. The first-order valence-electron chi connectivity index (χ1n) is 8.66. The van der Waals surface area contributed by atoms with Gasteiger partial charge in [-0.3, -0.25) is 4.68 Å². The standard InChI is InChI=1S/C16H19N9O2S/c1-2-22-28(26,27)24-8-16(9-24,4-5-17)25-7-12(14(18)23-25)13-11-3-6-19-15(11)21-10-20-13/h3,6-7,10,22H,2,4,8-9H2,1H3,(H2,18,23)(H,19,20,21). The van der Waals surface area contributed by atoms with E-state index in [-0.39, 0.29) is 25.3 Å². The zero-order valence-corrected chi connectivity index (χ0v) is 15.9. The molecule has 0 bridgehead atoms. The molecule has 0 saturated carbocycles. The summed E-state index contributed by atoms with van der Waals surface area (Å²) >= 11 is 0. The second-order valence-corrected chi connectivity index (χ2v) is 8.42. The van der Waals surface area contributed by atoms with E-state index in [1.54, 1.807) is 24.0 Å². The van der Waals surface area contributed by atoms with E-state index in [0.717, 1.165) is 5.39 Å². The van der Waals surface area contributed by atoms with Crippen LogP contribution in [0.3, 0.4) is 0 Å². The normalized spacial score (nSPS) is 16.7. The summed E-state index contributed by atoms with van der Waals surface area (Å²) in [7, 11) is -3.57. The number of rotatable bonds is 6. The number of H-pyrrole nitrogens is 1. The van der Waals surface area contributed by atoms with Gasteiger partial charge in [-0.1, -0.05) is 6.92 Å².